The van der Waals surface area contributed by atoms with Gasteiger partial charge in [-0.2, -0.15) is 0 Å². The highest BCUT2D eigenvalue weighted by Crippen LogP contribution is 2.41. The minimum absolute atomic E-state index is 0.254. The van der Waals surface area contributed by atoms with Gasteiger partial charge in [0.25, 0.3) is 0 Å². The van der Waals surface area contributed by atoms with E-state index in [0.29, 0.717) is 11.3 Å². The molecule has 0 bridgehead atoms. The zero-order valence-corrected chi connectivity index (χ0v) is 11.3. The lowest BCUT2D eigenvalue weighted by Gasteiger charge is -2.12. The molecule has 106 valence electrons. The van der Waals surface area contributed by atoms with Crippen LogP contribution in [0.1, 0.15) is 29.6 Å². The molecule has 1 aromatic carbocycles. The molecule has 0 unspecified atom stereocenters. The second kappa shape index (κ2) is 4.53. The molecular formula is C15H15N5O. The molecule has 0 saturated carbocycles. The van der Waals surface area contributed by atoms with Crippen LogP contribution in [0, 0.1) is 0 Å². The van der Waals surface area contributed by atoms with Gasteiger partial charge in [0.2, 0.25) is 0 Å². The van der Waals surface area contributed by atoms with Gasteiger partial charge in [0.1, 0.15) is 11.8 Å². The molecule has 0 amide bonds. The van der Waals surface area contributed by atoms with Gasteiger partial charge in [-0.1, -0.05) is 24.3 Å². The van der Waals surface area contributed by atoms with Crippen molar-refractivity contribution in [3.63, 3.8) is 0 Å². The molecular weight excluding hydrogens is 266 g/mol. The molecule has 4 rings (SSSR count). The molecule has 2 atom stereocenters. The van der Waals surface area contributed by atoms with Crippen LogP contribution in [0.3, 0.4) is 0 Å². The van der Waals surface area contributed by atoms with Gasteiger partial charge in [-0.25, -0.2) is 15.0 Å². The summed E-state index contributed by atoms with van der Waals surface area (Å²) in [6, 6.07) is 8.05. The highest BCUT2D eigenvalue weighted by molar-refractivity contribution is 5.81. The molecule has 0 saturated heterocycles. The summed E-state index contributed by atoms with van der Waals surface area (Å²) in [5.41, 5.74) is 9.41. The van der Waals surface area contributed by atoms with Crippen LogP contribution in [0.4, 0.5) is 5.82 Å². The summed E-state index contributed by atoms with van der Waals surface area (Å²) in [7, 11) is 0. The van der Waals surface area contributed by atoms with Crippen LogP contribution >= 0.6 is 0 Å². The second-order valence-electron chi connectivity index (χ2n) is 5.41. The molecule has 21 heavy (non-hydrogen) atoms. The van der Waals surface area contributed by atoms with Gasteiger partial charge in [-0.05, 0) is 17.5 Å². The Kier molecular flexibility index (Phi) is 2.65. The molecule has 3 N–H and O–H groups in total. The van der Waals surface area contributed by atoms with E-state index in [1.807, 2.05) is 22.8 Å². The monoisotopic (exact) mass is 281 g/mol. The number of aromatic nitrogens is 4. The average Bonchev–Trinajstić information content (AvgIpc) is 3.04. The quantitative estimate of drug-likeness (QED) is 0.745. The minimum atomic E-state index is -0.388. The maximum Gasteiger partial charge on any atom is 0.165 e. The molecule has 2 aromatic heterocycles. The van der Waals surface area contributed by atoms with Crippen molar-refractivity contribution in [3.8, 4) is 0 Å². The van der Waals surface area contributed by atoms with Crippen molar-refractivity contribution in [1.29, 1.82) is 0 Å². The molecule has 0 radical (unpaired) electrons. The van der Waals surface area contributed by atoms with Gasteiger partial charge in [-0.15, -0.1) is 0 Å². The van der Waals surface area contributed by atoms with E-state index in [9.17, 15) is 5.11 Å². The first-order chi connectivity index (χ1) is 10.2. The highest BCUT2D eigenvalue weighted by Gasteiger charge is 2.29. The number of hydrogen-bond donors (Lipinski definition) is 2. The van der Waals surface area contributed by atoms with Crippen molar-refractivity contribution < 1.29 is 5.11 Å². The van der Waals surface area contributed by atoms with E-state index in [1.54, 1.807) is 6.33 Å². The highest BCUT2D eigenvalue weighted by atomic mass is 16.3. The molecule has 1 aliphatic rings. The molecule has 1 aliphatic carbocycles. The van der Waals surface area contributed by atoms with Gasteiger partial charge >= 0.3 is 0 Å². The summed E-state index contributed by atoms with van der Waals surface area (Å²) in [6.07, 6.45) is 3.52. The summed E-state index contributed by atoms with van der Waals surface area (Å²) in [5.74, 6) is 0.649. The molecule has 0 spiro atoms. The smallest absolute Gasteiger partial charge is 0.165 e. The number of hydrogen-bond acceptors (Lipinski definition) is 5. The first-order valence-electron chi connectivity index (χ1n) is 6.92. The topological polar surface area (TPSA) is 89.9 Å². The van der Waals surface area contributed by atoms with Crippen molar-refractivity contribution >= 4 is 17.0 Å². The Hall–Kier alpha value is -2.47. The van der Waals surface area contributed by atoms with Crippen LogP contribution in [0.2, 0.25) is 0 Å². The molecule has 3 aromatic rings. The normalized spacial score (nSPS) is 20.8. The molecule has 6 heteroatoms. The predicted molar refractivity (Wildman–Crippen MR) is 78.5 cm³/mol. The summed E-state index contributed by atoms with van der Waals surface area (Å²) < 4.78 is 1.98. The van der Waals surface area contributed by atoms with Crippen molar-refractivity contribution in [2.24, 2.45) is 0 Å². The summed E-state index contributed by atoms with van der Waals surface area (Å²) >= 11 is 0. The van der Waals surface area contributed by atoms with Crippen LogP contribution in [-0.4, -0.2) is 24.6 Å². The fraction of sp³-hybridized carbons (Fsp3) is 0.267. The van der Waals surface area contributed by atoms with E-state index in [4.69, 9.17) is 5.73 Å². The minimum Gasteiger partial charge on any atom is -0.388 e. The van der Waals surface area contributed by atoms with Crippen molar-refractivity contribution in [2.45, 2.75) is 25.0 Å². The van der Waals surface area contributed by atoms with E-state index in [-0.39, 0.29) is 12.0 Å². The van der Waals surface area contributed by atoms with E-state index in [1.165, 1.54) is 11.9 Å². The average molecular weight is 281 g/mol. The molecule has 0 aliphatic heterocycles. The van der Waals surface area contributed by atoms with Crippen LogP contribution in [0.5, 0.6) is 0 Å². The lowest BCUT2D eigenvalue weighted by molar-refractivity contribution is 0.171. The number of nitrogens with two attached hydrogens (primary N) is 1. The number of anilines is 1. The van der Waals surface area contributed by atoms with Crippen molar-refractivity contribution in [3.05, 3.63) is 48.0 Å². The molecule has 2 heterocycles. The van der Waals surface area contributed by atoms with Crippen molar-refractivity contribution in [1.82, 2.24) is 19.5 Å². The molecule has 0 fully saturated rings. The lowest BCUT2D eigenvalue weighted by atomic mass is 10.0. The maximum absolute atomic E-state index is 10.2. The zero-order valence-electron chi connectivity index (χ0n) is 11.3. The van der Waals surface area contributed by atoms with E-state index in [0.717, 1.165) is 24.2 Å². The number of nitrogens with zero attached hydrogens (tertiary/aromatic N) is 4. The third kappa shape index (κ3) is 1.87. The Morgan fingerprint density at radius 3 is 2.86 bits per heavy atom. The summed E-state index contributed by atoms with van der Waals surface area (Å²) in [6.45, 7) is 0.723. The third-order valence-corrected chi connectivity index (χ3v) is 4.15. The van der Waals surface area contributed by atoms with Gasteiger partial charge in [0.05, 0.1) is 12.4 Å². The largest absolute Gasteiger partial charge is 0.388 e. The zero-order chi connectivity index (χ0) is 14.4. The third-order valence-electron chi connectivity index (χ3n) is 4.15. The van der Waals surface area contributed by atoms with Crippen LogP contribution in [-0.2, 0) is 6.54 Å². The lowest BCUT2D eigenvalue weighted by Crippen LogP contribution is -2.07. The van der Waals surface area contributed by atoms with E-state index in [2.05, 4.69) is 21.0 Å². The molecule has 6 nitrogen and oxygen atoms in total. The number of fused-ring (bicyclic) bond motifs is 2. The number of benzene rings is 1. The van der Waals surface area contributed by atoms with Crippen LogP contribution in [0.25, 0.3) is 11.2 Å². The fourth-order valence-electron chi connectivity index (χ4n) is 3.15. The van der Waals surface area contributed by atoms with Gasteiger partial charge in [0.15, 0.2) is 11.5 Å². The number of imidazole rings is 1. The van der Waals surface area contributed by atoms with Crippen LogP contribution < -0.4 is 5.73 Å². The Labute approximate surface area is 121 Å². The van der Waals surface area contributed by atoms with Crippen molar-refractivity contribution in [2.75, 3.05) is 5.73 Å². The Morgan fingerprint density at radius 1 is 1.19 bits per heavy atom. The predicted octanol–water partition coefficient (Wildman–Crippen LogP) is 1.63. The SMILES string of the molecule is Nc1ncnc2c1ncn2C[C@@H]1C[C@H](O)c2ccccc21. The summed E-state index contributed by atoms with van der Waals surface area (Å²) in [5, 5.41) is 10.2. The Morgan fingerprint density at radius 2 is 2.00 bits per heavy atom. The van der Waals surface area contributed by atoms with E-state index < -0.39 is 0 Å². The standard InChI is InChI=1S/C15H15N5O/c16-14-13-15(18-7-17-14)20(8-19-13)6-9-5-12(21)11-4-2-1-3-10(9)11/h1-4,7-9,12,21H,5-6H2,(H2,16,17,18)/t9-,12-/m0/s1. The maximum atomic E-state index is 10.2. The fourth-order valence-corrected chi connectivity index (χ4v) is 3.15. The Balaban J connectivity index is 1.72. The van der Waals surface area contributed by atoms with Gasteiger partial charge in [0, 0.05) is 12.5 Å². The van der Waals surface area contributed by atoms with Gasteiger partial charge in [-0.3, -0.25) is 0 Å². The van der Waals surface area contributed by atoms with E-state index >= 15 is 0 Å². The number of aliphatic hydroxyl groups is 1. The Bertz CT molecular complexity index is 813. The number of rotatable bonds is 2. The second-order valence-corrected chi connectivity index (χ2v) is 5.41. The van der Waals surface area contributed by atoms with Gasteiger partial charge < -0.3 is 15.4 Å². The first kappa shape index (κ1) is 12.3. The van der Waals surface area contributed by atoms with Crippen LogP contribution in [0.15, 0.2) is 36.9 Å². The first-order valence-corrected chi connectivity index (χ1v) is 6.92. The summed E-state index contributed by atoms with van der Waals surface area (Å²) in [4.78, 5) is 12.5. The number of nitrogen functional groups attached to an aromatic ring is 1. The number of aliphatic hydroxyl groups excluding tert-OH is 1.